The van der Waals surface area contributed by atoms with Gasteiger partial charge in [0.15, 0.2) is 0 Å². The highest BCUT2D eigenvalue weighted by Crippen LogP contribution is 2.39. The molecule has 1 aliphatic rings. The Morgan fingerprint density at radius 2 is 2.19 bits per heavy atom. The van der Waals surface area contributed by atoms with E-state index in [4.69, 9.17) is 9.47 Å². The lowest BCUT2D eigenvalue weighted by Crippen LogP contribution is -2.33. The molecule has 1 atom stereocenters. The summed E-state index contributed by atoms with van der Waals surface area (Å²) in [7, 11) is 3.18. The number of benzene rings is 1. The number of hydrogen-bond acceptors (Lipinski definition) is 6. The topological polar surface area (TPSA) is 99.7 Å². The highest BCUT2D eigenvalue weighted by atomic mass is 16.6. The number of aromatic nitrogens is 2. The first-order valence-corrected chi connectivity index (χ1v) is 8.21. The molecule has 0 unspecified atom stereocenters. The van der Waals surface area contributed by atoms with Crippen molar-refractivity contribution in [2.45, 2.75) is 25.4 Å². The second kappa shape index (κ2) is 7.42. The SMILES string of the molecule is COc1ccc(OC)c([C@H]2CCCN2C(=O)Cn2cc([N+](=O)[O-])cn2)c1. The zero-order valence-electron chi connectivity index (χ0n) is 14.6. The minimum atomic E-state index is -0.534. The number of nitro groups is 1. The third-order valence-electron chi connectivity index (χ3n) is 4.50. The molecule has 0 bridgehead atoms. The lowest BCUT2D eigenvalue weighted by molar-refractivity contribution is -0.385. The van der Waals surface area contributed by atoms with Gasteiger partial charge in [0.05, 0.1) is 25.2 Å². The normalized spacial score (nSPS) is 16.5. The Labute approximate surface area is 150 Å². The van der Waals surface area contributed by atoms with E-state index in [1.807, 2.05) is 18.2 Å². The summed E-state index contributed by atoms with van der Waals surface area (Å²) in [4.78, 5) is 24.7. The molecule has 0 radical (unpaired) electrons. The fourth-order valence-electron chi connectivity index (χ4n) is 3.25. The number of rotatable bonds is 6. The van der Waals surface area contributed by atoms with Gasteiger partial charge in [0.1, 0.15) is 30.4 Å². The quantitative estimate of drug-likeness (QED) is 0.578. The van der Waals surface area contributed by atoms with Gasteiger partial charge >= 0.3 is 5.69 Å². The van der Waals surface area contributed by atoms with E-state index in [9.17, 15) is 14.9 Å². The lowest BCUT2D eigenvalue weighted by Gasteiger charge is -2.26. The molecular weight excluding hydrogens is 340 g/mol. The van der Waals surface area contributed by atoms with Crippen LogP contribution in [0.5, 0.6) is 11.5 Å². The van der Waals surface area contributed by atoms with Crippen LogP contribution in [0.4, 0.5) is 5.69 Å². The average molecular weight is 360 g/mol. The van der Waals surface area contributed by atoms with Gasteiger partial charge in [-0.2, -0.15) is 5.10 Å². The first-order valence-electron chi connectivity index (χ1n) is 8.21. The molecule has 9 nitrogen and oxygen atoms in total. The van der Waals surface area contributed by atoms with Crippen molar-refractivity contribution in [2.24, 2.45) is 0 Å². The van der Waals surface area contributed by atoms with Crippen molar-refractivity contribution in [2.75, 3.05) is 20.8 Å². The van der Waals surface area contributed by atoms with Gasteiger partial charge < -0.3 is 14.4 Å². The van der Waals surface area contributed by atoms with Crippen LogP contribution in [-0.2, 0) is 11.3 Å². The smallest absolute Gasteiger partial charge is 0.307 e. The predicted molar refractivity (Wildman–Crippen MR) is 92.1 cm³/mol. The summed E-state index contributed by atoms with van der Waals surface area (Å²) >= 11 is 0. The zero-order chi connectivity index (χ0) is 18.7. The molecule has 1 fully saturated rings. The van der Waals surface area contributed by atoms with Crippen molar-refractivity contribution >= 4 is 11.6 Å². The van der Waals surface area contributed by atoms with E-state index in [-0.39, 0.29) is 24.2 Å². The minimum Gasteiger partial charge on any atom is -0.497 e. The maximum atomic E-state index is 12.8. The third kappa shape index (κ3) is 3.46. The average Bonchev–Trinajstić information content (AvgIpc) is 3.30. The number of methoxy groups -OCH3 is 2. The van der Waals surface area contributed by atoms with Crippen LogP contribution < -0.4 is 9.47 Å². The van der Waals surface area contributed by atoms with Gasteiger partial charge in [-0.05, 0) is 31.0 Å². The van der Waals surface area contributed by atoms with Gasteiger partial charge in [0.25, 0.3) is 0 Å². The third-order valence-corrected chi connectivity index (χ3v) is 4.50. The van der Waals surface area contributed by atoms with Gasteiger partial charge in [0, 0.05) is 12.1 Å². The highest BCUT2D eigenvalue weighted by Gasteiger charge is 2.32. The van der Waals surface area contributed by atoms with E-state index in [0.29, 0.717) is 18.0 Å². The summed E-state index contributed by atoms with van der Waals surface area (Å²) in [6, 6.07) is 5.39. The molecule has 1 amide bonds. The number of carbonyl (C=O) groups excluding carboxylic acids is 1. The molecule has 0 spiro atoms. The first-order chi connectivity index (χ1) is 12.5. The van der Waals surface area contributed by atoms with E-state index in [1.165, 1.54) is 10.9 Å². The number of hydrogen-bond donors (Lipinski definition) is 0. The first kappa shape index (κ1) is 17.7. The Balaban J connectivity index is 1.81. The monoisotopic (exact) mass is 360 g/mol. The highest BCUT2D eigenvalue weighted by molar-refractivity contribution is 5.77. The van der Waals surface area contributed by atoms with Crippen LogP contribution in [0.1, 0.15) is 24.4 Å². The fourth-order valence-corrected chi connectivity index (χ4v) is 3.25. The number of nitrogens with zero attached hydrogens (tertiary/aromatic N) is 4. The molecule has 1 aromatic heterocycles. The molecule has 9 heteroatoms. The van der Waals surface area contributed by atoms with Crippen molar-refractivity contribution in [3.8, 4) is 11.5 Å². The van der Waals surface area contributed by atoms with Crippen LogP contribution in [-0.4, -0.2) is 46.3 Å². The van der Waals surface area contributed by atoms with Gasteiger partial charge in [-0.25, -0.2) is 0 Å². The summed E-state index contributed by atoms with van der Waals surface area (Å²) in [6.07, 6.45) is 4.08. The lowest BCUT2D eigenvalue weighted by atomic mass is 10.0. The molecule has 1 aliphatic heterocycles. The molecule has 2 aromatic rings. The standard InChI is InChI=1S/C17H20N4O5/c1-25-13-5-6-16(26-2)14(8-13)15-4-3-7-20(15)17(22)11-19-10-12(9-18-19)21(23)24/h5-6,8-10,15H,3-4,7,11H2,1-2H3/t15-/m1/s1. The maximum absolute atomic E-state index is 12.8. The summed E-state index contributed by atoms with van der Waals surface area (Å²) in [6.45, 7) is 0.573. The van der Waals surface area contributed by atoms with Gasteiger partial charge in [0.2, 0.25) is 5.91 Å². The summed E-state index contributed by atoms with van der Waals surface area (Å²) in [5.41, 5.74) is 0.759. The molecular formula is C17H20N4O5. The molecule has 26 heavy (non-hydrogen) atoms. The Morgan fingerprint density at radius 3 is 2.85 bits per heavy atom. The molecule has 138 valence electrons. The molecule has 0 aliphatic carbocycles. The maximum Gasteiger partial charge on any atom is 0.307 e. The molecule has 0 N–H and O–H groups in total. The van der Waals surface area contributed by atoms with Crippen LogP contribution in [0.25, 0.3) is 0 Å². The van der Waals surface area contributed by atoms with Gasteiger partial charge in [-0.3, -0.25) is 19.6 Å². The zero-order valence-corrected chi connectivity index (χ0v) is 14.6. The Bertz CT molecular complexity index is 819. The van der Waals surface area contributed by atoms with Crippen LogP contribution in [0.3, 0.4) is 0 Å². The van der Waals surface area contributed by atoms with Crippen molar-refractivity contribution in [1.29, 1.82) is 0 Å². The second-order valence-electron chi connectivity index (χ2n) is 6.01. The van der Waals surface area contributed by atoms with Gasteiger partial charge in [-0.15, -0.1) is 0 Å². The minimum absolute atomic E-state index is 0.0450. The Kier molecular flexibility index (Phi) is 5.06. The largest absolute Gasteiger partial charge is 0.497 e. The second-order valence-corrected chi connectivity index (χ2v) is 6.01. The van der Waals surface area contributed by atoms with Crippen LogP contribution in [0.15, 0.2) is 30.6 Å². The van der Waals surface area contributed by atoms with Gasteiger partial charge in [-0.1, -0.05) is 0 Å². The Morgan fingerprint density at radius 1 is 1.38 bits per heavy atom. The number of likely N-dealkylation sites (tertiary alicyclic amines) is 1. The number of amides is 1. The van der Waals surface area contributed by atoms with E-state index in [2.05, 4.69) is 5.10 Å². The summed E-state index contributed by atoms with van der Waals surface area (Å²) in [5, 5.41) is 14.6. The number of carbonyl (C=O) groups is 1. The van der Waals surface area contributed by atoms with Crippen molar-refractivity contribution < 1.29 is 19.2 Å². The molecule has 3 rings (SSSR count). The molecule has 2 heterocycles. The van der Waals surface area contributed by atoms with Crippen LogP contribution in [0.2, 0.25) is 0 Å². The van der Waals surface area contributed by atoms with E-state index in [0.717, 1.165) is 24.6 Å². The number of ether oxygens (including phenoxy) is 2. The fraction of sp³-hybridized carbons (Fsp3) is 0.412. The molecule has 0 saturated carbocycles. The molecule has 1 saturated heterocycles. The van der Waals surface area contributed by atoms with Crippen molar-refractivity contribution in [1.82, 2.24) is 14.7 Å². The van der Waals surface area contributed by atoms with E-state index >= 15 is 0 Å². The van der Waals surface area contributed by atoms with Crippen molar-refractivity contribution in [3.05, 3.63) is 46.3 Å². The summed E-state index contributed by atoms with van der Waals surface area (Å²) in [5.74, 6) is 1.25. The van der Waals surface area contributed by atoms with Crippen LogP contribution >= 0.6 is 0 Å². The van der Waals surface area contributed by atoms with Crippen molar-refractivity contribution in [3.63, 3.8) is 0 Å². The predicted octanol–water partition coefficient (Wildman–Crippen LogP) is 2.17. The van der Waals surface area contributed by atoms with E-state index < -0.39 is 4.92 Å². The van der Waals surface area contributed by atoms with E-state index in [1.54, 1.807) is 19.1 Å². The Hall–Kier alpha value is -3.10. The molecule has 1 aromatic carbocycles. The summed E-state index contributed by atoms with van der Waals surface area (Å²) < 4.78 is 12.0. The van der Waals surface area contributed by atoms with Crippen LogP contribution in [0, 0.1) is 10.1 Å².